The lowest BCUT2D eigenvalue weighted by molar-refractivity contribution is 0.132. The number of methoxy groups -OCH3 is 1. The van der Waals surface area contributed by atoms with Gasteiger partial charge in [0.1, 0.15) is 6.33 Å². The smallest absolute Gasteiger partial charge is 0.204 e. The molecule has 0 radical (unpaired) electrons. The third-order valence-corrected chi connectivity index (χ3v) is 2.60. The van der Waals surface area contributed by atoms with Gasteiger partial charge in [0, 0.05) is 13.6 Å². The predicted molar refractivity (Wildman–Crippen MR) is 76.7 cm³/mol. The zero-order valence-corrected chi connectivity index (χ0v) is 12.3. The van der Waals surface area contributed by atoms with E-state index < -0.39 is 6.10 Å². The Labute approximate surface area is 114 Å². The fourth-order valence-corrected chi connectivity index (χ4v) is 1.86. The van der Waals surface area contributed by atoms with E-state index in [0.29, 0.717) is 30.4 Å². The maximum atomic E-state index is 9.97. The van der Waals surface area contributed by atoms with Crippen molar-refractivity contribution >= 4 is 11.6 Å². The monoisotopic (exact) mass is 268 g/mol. The van der Waals surface area contributed by atoms with Gasteiger partial charge in [-0.15, -0.1) is 0 Å². The van der Waals surface area contributed by atoms with Crippen LogP contribution in [0.15, 0.2) is 6.33 Å². The second-order valence-corrected chi connectivity index (χ2v) is 5.65. The molecule has 19 heavy (non-hydrogen) atoms. The first-order valence-corrected chi connectivity index (χ1v) is 6.36. The van der Waals surface area contributed by atoms with Crippen molar-refractivity contribution in [2.75, 3.05) is 31.3 Å². The molecule has 6 nitrogen and oxygen atoms in total. The van der Waals surface area contributed by atoms with Crippen LogP contribution in [-0.2, 0) is 0 Å². The molecule has 1 aromatic heterocycles. The Balaban J connectivity index is 2.67. The zero-order valence-electron chi connectivity index (χ0n) is 12.3. The highest BCUT2D eigenvalue weighted by molar-refractivity contribution is 5.63. The van der Waals surface area contributed by atoms with E-state index in [1.165, 1.54) is 6.33 Å². The molecule has 0 saturated carbocycles. The molecule has 0 aliphatic rings. The van der Waals surface area contributed by atoms with Gasteiger partial charge in [-0.1, -0.05) is 20.8 Å². The van der Waals surface area contributed by atoms with E-state index in [0.717, 1.165) is 0 Å². The number of aliphatic hydroxyl groups excluding tert-OH is 1. The summed E-state index contributed by atoms with van der Waals surface area (Å²) in [6.07, 6.45) is 1.73. The highest BCUT2D eigenvalue weighted by Crippen LogP contribution is 2.28. The molecule has 1 unspecified atom stereocenters. The number of ether oxygens (including phenoxy) is 1. The van der Waals surface area contributed by atoms with Crippen LogP contribution in [-0.4, -0.2) is 41.9 Å². The molecular weight excluding hydrogens is 244 g/mol. The SMILES string of the molecule is CNc1ncnc(NCC(O)CC(C)(C)C)c1OC. The van der Waals surface area contributed by atoms with E-state index >= 15 is 0 Å². The van der Waals surface area contributed by atoms with E-state index in [4.69, 9.17) is 4.74 Å². The minimum atomic E-state index is -0.433. The quantitative estimate of drug-likeness (QED) is 0.729. The van der Waals surface area contributed by atoms with E-state index in [9.17, 15) is 5.11 Å². The van der Waals surface area contributed by atoms with E-state index in [2.05, 4.69) is 41.4 Å². The summed E-state index contributed by atoms with van der Waals surface area (Å²) >= 11 is 0. The van der Waals surface area contributed by atoms with Crippen LogP contribution in [0.25, 0.3) is 0 Å². The van der Waals surface area contributed by atoms with Crippen molar-refractivity contribution in [2.45, 2.75) is 33.3 Å². The van der Waals surface area contributed by atoms with Crippen molar-refractivity contribution in [3.63, 3.8) is 0 Å². The molecule has 1 aromatic rings. The topological polar surface area (TPSA) is 79.3 Å². The van der Waals surface area contributed by atoms with Gasteiger partial charge in [-0.05, 0) is 11.8 Å². The Morgan fingerprint density at radius 1 is 1.32 bits per heavy atom. The zero-order chi connectivity index (χ0) is 14.5. The van der Waals surface area contributed by atoms with Crippen molar-refractivity contribution in [2.24, 2.45) is 5.41 Å². The predicted octanol–water partition coefficient (Wildman–Crippen LogP) is 1.74. The van der Waals surface area contributed by atoms with E-state index in [1.54, 1.807) is 14.2 Å². The summed E-state index contributed by atoms with van der Waals surface area (Å²) in [6.45, 7) is 6.72. The number of aliphatic hydroxyl groups is 1. The van der Waals surface area contributed by atoms with Crippen LogP contribution in [0.2, 0.25) is 0 Å². The summed E-state index contributed by atoms with van der Waals surface area (Å²) in [7, 11) is 3.33. The molecule has 0 amide bonds. The Morgan fingerprint density at radius 3 is 2.47 bits per heavy atom. The van der Waals surface area contributed by atoms with Crippen LogP contribution in [0.4, 0.5) is 11.6 Å². The largest absolute Gasteiger partial charge is 0.490 e. The highest BCUT2D eigenvalue weighted by Gasteiger charge is 2.18. The van der Waals surface area contributed by atoms with Crippen LogP contribution in [0.5, 0.6) is 5.75 Å². The maximum Gasteiger partial charge on any atom is 0.204 e. The molecule has 1 atom stereocenters. The fraction of sp³-hybridized carbons (Fsp3) is 0.692. The number of aromatic nitrogens is 2. The number of hydrogen-bond acceptors (Lipinski definition) is 6. The van der Waals surface area contributed by atoms with Crippen molar-refractivity contribution < 1.29 is 9.84 Å². The van der Waals surface area contributed by atoms with Crippen LogP contribution >= 0.6 is 0 Å². The molecule has 1 rings (SSSR count). The highest BCUT2D eigenvalue weighted by atomic mass is 16.5. The molecule has 0 aliphatic carbocycles. The van der Waals surface area contributed by atoms with E-state index in [-0.39, 0.29) is 5.41 Å². The molecule has 0 aliphatic heterocycles. The maximum absolute atomic E-state index is 9.97. The molecular formula is C13H24N4O2. The van der Waals surface area contributed by atoms with Crippen molar-refractivity contribution in [1.29, 1.82) is 0 Å². The summed E-state index contributed by atoms with van der Waals surface area (Å²) in [5.41, 5.74) is 0.0903. The summed E-state index contributed by atoms with van der Waals surface area (Å²) < 4.78 is 5.27. The number of hydrogen-bond donors (Lipinski definition) is 3. The lowest BCUT2D eigenvalue weighted by Crippen LogP contribution is -2.25. The molecule has 108 valence electrons. The lowest BCUT2D eigenvalue weighted by atomic mass is 9.89. The van der Waals surface area contributed by atoms with Gasteiger partial charge in [0.25, 0.3) is 0 Å². The fourth-order valence-electron chi connectivity index (χ4n) is 1.86. The number of rotatable bonds is 6. The van der Waals surface area contributed by atoms with E-state index in [1.807, 2.05) is 0 Å². The Hall–Kier alpha value is -1.56. The van der Waals surface area contributed by atoms with Gasteiger partial charge in [-0.2, -0.15) is 0 Å². The molecule has 0 aromatic carbocycles. The Kier molecular flexibility index (Phi) is 5.35. The molecule has 0 bridgehead atoms. The number of nitrogens with zero attached hydrogens (tertiary/aromatic N) is 2. The number of anilines is 2. The normalized spacial score (nSPS) is 12.9. The van der Waals surface area contributed by atoms with Crippen molar-refractivity contribution in [1.82, 2.24) is 9.97 Å². The van der Waals surface area contributed by atoms with Gasteiger partial charge in [0.05, 0.1) is 13.2 Å². The van der Waals surface area contributed by atoms with Crippen molar-refractivity contribution in [3.05, 3.63) is 6.33 Å². The van der Waals surface area contributed by atoms with Gasteiger partial charge in [0.15, 0.2) is 11.6 Å². The van der Waals surface area contributed by atoms with Gasteiger partial charge < -0.3 is 20.5 Å². The van der Waals surface area contributed by atoms with Gasteiger partial charge in [-0.25, -0.2) is 9.97 Å². The molecule has 1 heterocycles. The first kappa shape index (κ1) is 15.5. The second kappa shape index (κ2) is 6.56. The lowest BCUT2D eigenvalue weighted by Gasteiger charge is -2.23. The average Bonchev–Trinajstić information content (AvgIpc) is 2.33. The van der Waals surface area contributed by atoms with Gasteiger partial charge >= 0.3 is 0 Å². The third-order valence-electron chi connectivity index (χ3n) is 2.60. The molecule has 0 fully saturated rings. The molecule has 3 N–H and O–H groups in total. The first-order chi connectivity index (χ1) is 8.87. The minimum Gasteiger partial charge on any atom is -0.490 e. The van der Waals surface area contributed by atoms with Crippen LogP contribution < -0.4 is 15.4 Å². The van der Waals surface area contributed by atoms with Gasteiger partial charge in [-0.3, -0.25) is 0 Å². The molecule has 0 saturated heterocycles. The molecule has 0 spiro atoms. The third kappa shape index (κ3) is 4.90. The van der Waals surface area contributed by atoms with Crippen LogP contribution in [0.3, 0.4) is 0 Å². The average molecular weight is 268 g/mol. The Morgan fingerprint density at radius 2 is 1.95 bits per heavy atom. The first-order valence-electron chi connectivity index (χ1n) is 6.36. The van der Waals surface area contributed by atoms with Crippen LogP contribution in [0.1, 0.15) is 27.2 Å². The van der Waals surface area contributed by atoms with Crippen LogP contribution in [0, 0.1) is 5.41 Å². The summed E-state index contributed by atoms with van der Waals surface area (Å²) in [5.74, 6) is 1.74. The number of nitrogens with one attached hydrogen (secondary N) is 2. The summed E-state index contributed by atoms with van der Waals surface area (Å²) in [5, 5.41) is 16.0. The van der Waals surface area contributed by atoms with Crippen molar-refractivity contribution in [3.8, 4) is 5.75 Å². The van der Waals surface area contributed by atoms with Gasteiger partial charge in [0.2, 0.25) is 5.75 Å². The minimum absolute atomic E-state index is 0.0903. The summed E-state index contributed by atoms with van der Waals surface area (Å²) in [6, 6.07) is 0. The second-order valence-electron chi connectivity index (χ2n) is 5.65. The Bertz CT molecular complexity index is 404. The summed E-state index contributed by atoms with van der Waals surface area (Å²) in [4.78, 5) is 8.19. The standard InChI is InChI=1S/C13H24N4O2/c1-13(2,3)6-9(18)7-15-12-10(19-5)11(14-4)16-8-17-12/h8-9,18H,6-7H2,1-5H3,(H2,14,15,16,17). The molecule has 6 heteroatoms.